The van der Waals surface area contributed by atoms with Gasteiger partial charge in [-0.15, -0.1) is 0 Å². The van der Waals surface area contributed by atoms with E-state index in [1.54, 1.807) is 36.4 Å². The fourth-order valence-electron chi connectivity index (χ4n) is 2.50. The van der Waals surface area contributed by atoms with E-state index in [1.165, 1.54) is 31.8 Å². The molecule has 1 aromatic carbocycles. The predicted octanol–water partition coefficient (Wildman–Crippen LogP) is 2.87. The molecule has 2 aromatic heterocycles. The highest BCUT2D eigenvalue weighted by Gasteiger charge is 2.27. The number of benzene rings is 1. The van der Waals surface area contributed by atoms with Crippen molar-refractivity contribution in [3.8, 4) is 0 Å². The van der Waals surface area contributed by atoms with Crippen LogP contribution in [0, 0.1) is 0 Å². The number of nitrogens with one attached hydrogen (secondary N) is 1. The Bertz CT molecular complexity index is 944. The van der Waals surface area contributed by atoms with Crippen molar-refractivity contribution < 1.29 is 32.7 Å². The van der Waals surface area contributed by atoms with Crippen LogP contribution in [0.4, 0.5) is 0 Å². The van der Waals surface area contributed by atoms with Gasteiger partial charge in [0.05, 0.1) is 19.6 Å². The van der Waals surface area contributed by atoms with Gasteiger partial charge in [-0.1, -0.05) is 30.3 Å². The molecule has 1 N–H and O–H groups in total. The lowest BCUT2D eigenvalue weighted by Crippen LogP contribution is -2.34. The fourth-order valence-corrected chi connectivity index (χ4v) is 2.50. The van der Waals surface area contributed by atoms with Crippen molar-refractivity contribution in [2.75, 3.05) is 7.11 Å². The van der Waals surface area contributed by atoms with Gasteiger partial charge in [0.25, 0.3) is 5.91 Å². The number of ether oxygens (including phenoxy) is 2. The summed E-state index contributed by atoms with van der Waals surface area (Å²) in [6, 6.07) is 12.0. The minimum atomic E-state index is -1.07. The summed E-state index contributed by atoms with van der Waals surface area (Å²) in [5, 5.41) is 2.58. The molecule has 3 rings (SSSR count). The van der Waals surface area contributed by atoms with Crippen LogP contribution in [0.2, 0.25) is 0 Å². The molecule has 1 amide bonds. The van der Waals surface area contributed by atoms with Gasteiger partial charge in [-0.25, -0.2) is 9.59 Å². The zero-order chi connectivity index (χ0) is 19.9. The molecule has 8 nitrogen and oxygen atoms in total. The van der Waals surface area contributed by atoms with Crippen LogP contribution in [0.1, 0.15) is 38.3 Å². The molecule has 0 radical (unpaired) electrons. The number of rotatable bonds is 7. The average molecular weight is 383 g/mol. The van der Waals surface area contributed by atoms with Crippen LogP contribution in [-0.4, -0.2) is 25.0 Å². The number of hydrogen-bond acceptors (Lipinski definition) is 7. The summed E-state index contributed by atoms with van der Waals surface area (Å²) in [5.74, 6) is -1.69. The van der Waals surface area contributed by atoms with Crippen molar-refractivity contribution in [3.05, 3.63) is 83.7 Å². The Morgan fingerprint density at radius 1 is 1.00 bits per heavy atom. The Morgan fingerprint density at radius 2 is 1.79 bits per heavy atom. The molecule has 0 aliphatic rings. The van der Waals surface area contributed by atoms with Gasteiger partial charge < -0.3 is 23.6 Å². The van der Waals surface area contributed by atoms with Crippen LogP contribution in [0.15, 0.2) is 69.9 Å². The summed E-state index contributed by atoms with van der Waals surface area (Å²) in [4.78, 5) is 36.7. The molecule has 8 heteroatoms. The second-order valence-corrected chi connectivity index (χ2v) is 5.65. The Hall–Kier alpha value is -3.81. The first-order chi connectivity index (χ1) is 13.6. The fraction of sp³-hybridized carbons (Fsp3) is 0.150. The van der Waals surface area contributed by atoms with E-state index in [2.05, 4.69) is 10.1 Å². The first kappa shape index (κ1) is 19.0. The molecule has 144 valence electrons. The Balaban J connectivity index is 1.75. The van der Waals surface area contributed by atoms with Gasteiger partial charge in [-0.3, -0.25) is 4.79 Å². The summed E-state index contributed by atoms with van der Waals surface area (Å²) in [7, 11) is 1.24. The van der Waals surface area contributed by atoms with Crippen molar-refractivity contribution >= 4 is 17.8 Å². The highest BCUT2D eigenvalue weighted by molar-refractivity contribution is 5.95. The molecule has 28 heavy (non-hydrogen) atoms. The number of esters is 2. The summed E-state index contributed by atoms with van der Waals surface area (Å²) < 4.78 is 20.2. The van der Waals surface area contributed by atoms with E-state index >= 15 is 0 Å². The third-order valence-electron chi connectivity index (χ3n) is 3.89. The maximum absolute atomic E-state index is 12.7. The van der Waals surface area contributed by atoms with E-state index < -0.39 is 23.9 Å². The topological polar surface area (TPSA) is 108 Å². The zero-order valence-electron chi connectivity index (χ0n) is 14.9. The number of carbonyl (C=O) groups is 3. The summed E-state index contributed by atoms with van der Waals surface area (Å²) in [6.07, 6.45) is 2.65. The van der Waals surface area contributed by atoms with E-state index in [9.17, 15) is 14.4 Å². The maximum atomic E-state index is 12.7. The summed E-state index contributed by atoms with van der Waals surface area (Å²) >= 11 is 0. The van der Waals surface area contributed by atoms with Crippen LogP contribution in [0.3, 0.4) is 0 Å². The first-order valence-electron chi connectivity index (χ1n) is 8.30. The lowest BCUT2D eigenvalue weighted by Gasteiger charge is -2.17. The molecule has 0 aliphatic heterocycles. The van der Waals surface area contributed by atoms with Crippen molar-refractivity contribution in [1.82, 2.24) is 5.32 Å². The number of amides is 1. The molecule has 1 unspecified atom stereocenters. The van der Waals surface area contributed by atoms with E-state index in [0.717, 1.165) is 0 Å². The highest BCUT2D eigenvalue weighted by atomic mass is 16.5. The number of methoxy groups -OCH3 is 1. The highest BCUT2D eigenvalue weighted by Crippen LogP contribution is 2.18. The van der Waals surface area contributed by atoms with Crippen molar-refractivity contribution in [3.63, 3.8) is 0 Å². The van der Waals surface area contributed by atoms with Crippen molar-refractivity contribution in [2.45, 2.75) is 12.6 Å². The number of hydrogen-bond donors (Lipinski definition) is 1. The molecule has 2 heterocycles. The molecular formula is C20H17NO7. The molecule has 0 bridgehead atoms. The van der Waals surface area contributed by atoms with Crippen molar-refractivity contribution in [2.24, 2.45) is 0 Å². The second kappa shape index (κ2) is 8.72. The molecular weight excluding hydrogens is 366 g/mol. The van der Waals surface area contributed by atoms with Crippen molar-refractivity contribution in [1.29, 1.82) is 0 Å². The van der Waals surface area contributed by atoms with Gasteiger partial charge in [-0.2, -0.15) is 0 Å². The van der Waals surface area contributed by atoms with Gasteiger partial charge in [0.2, 0.25) is 0 Å². The largest absolute Gasteiger partial charge is 0.465 e. The molecule has 1 atom stereocenters. The smallest absolute Gasteiger partial charge is 0.341 e. The van der Waals surface area contributed by atoms with Crippen LogP contribution in [-0.2, 0) is 20.9 Å². The van der Waals surface area contributed by atoms with Gasteiger partial charge in [0, 0.05) is 0 Å². The van der Waals surface area contributed by atoms with E-state index in [-0.39, 0.29) is 23.7 Å². The van der Waals surface area contributed by atoms with Gasteiger partial charge in [0.15, 0.2) is 17.6 Å². The lowest BCUT2D eigenvalue weighted by molar-refractivity contribution is -0.148. The molecule has 0 fully saturated rings. The number of carbonyl (C=O) groups excluding carboxylic acids is 3. The maximum Gasteiger partial charge on any atom is 0.341 e. The SMILES string of the molecule is COC(=O)c1ccoc1COC(=O)C(NC(=O)c1ccco1)c1ccccc1. The first-order valence-corrected chi connectivity index (χ1v) is 8.30. The predicted molar refractivity (Wildman–Crippen MR) is 95.2 cm³/mol. The molecule has 0 spiro atoms. The Morgan fingerprint density at radius 3 is 2.46 bits per heavy atom. The van der Waals surface area contributed by atoms with E-state index in [1.807, 2.05) is 0 Å². The summed E-state index contributed by atoms with van der Waals surface area (Å²) in [5.41, 5.74) is 0.686. The van der Waals surface area contributed by atoms with Crippen LogP contribution in [0.5, 0.6) is 0 Å². The molecule has 0 saturated carbocycles. The summed E-state index contributed by atoms with van der Waals surface area (Å²) in [6.45, 7) is -0.295. The molecule has 0 saturated heterocycles. The third-order valence-corrected chi connectivity index (χ3v) is 3.89. The van der Waals surface area contributed by atoms with Crippen LogP contribution < -0.4 is 5.32 Å². The Labute approximate surface area is 160 Å². The minimum Gasteiger partial charge on any atom is -0.465 e. The van der Waals surface area contributed by atoms with E-state index in [0.29, 0.717) is 5.56 Å². The quantitative estimate of drug-likeness (QED) is 0.625. The normalized spacial score (nSPS) is 11.5. The monoisotopic (exact) mass is 383 g/mol. The van der Waals surface area contributed by atoms with Gasteiger partial charge >= 0.3 is 11.9 Å². The van der Waals surface area contributed by atoms with Gasteiger partial charge in [-0.05, 0) is 23.8 Å². The number of furan rings is 2. The van der Waals surface area contributed by atoms with Gasteiger partial charge in [0.1, 0.15) is 12.2 Å². The molecule has 0 aliphatic carbocycles. The molecule has 3 aromatic rings. The second-order valence-electron chi connectivity index (χ2n) is 5.65. The minimum absolute atomic E-state index is 0.0627. The average Bonchev–Trinajstić information content (AvgIpc) is 3.42. The van der Waals surface area contributed by atoms with Crippen LogP contribution in [0.25, 0.3) is 0 Å². The lowest BCUT2D eigenvalue weighted by atomic mass is 10.1. The Kier molecular flexibility index (Phi) is 5.91. The standard InChI is InChI=1S/C20H17NO7/c1-25-19(23)14-9-11-27-16(14)12-28-20(24)17(13-6-3-2-4-7-13)21-18(22)15-8-5-10-26-15/h2-11,17H,12H2,1H3,(H,21,22). The van der Waals surface area contributed by atoms with E-state index in [4.69, 9.17) is 13.6 Å². The zero-order valence-corrected chi connectivity index (χ0v) is 14.9. The third kappa shape index (κ3) is 4.29. The van der Waals surface area contributed by atoms with Crippen LogP contribution >= 0.6 is 0 Å².